The van der Waals surface area contributed by atoms with Crippen LogP contribution in [0.2, 0.25) is 0 Å². The summed E-state index contributed by atoms with van der Waals surface area (Å²) in [7, 11) is 0. The molecule has 1 fully saturated rings. The smallest absolute Gasteiger partial charge is 0.161 e. The van der Waals surface area contributed by atoms with Crippen LogP contribution < -0.4 is 14.6 Å². The molecule has 1 aliphatic carbocycles. The van der Waals surface area contributed by atoms with E-state index < -0.39 is 11.9 Å². The molecule has 0 N–H and O–H groups in total. The third kappa shape index (κ3) is 6.40. The fourth-order valence-corrected chi connectivity index (χ4v) is 3.73. The number of rotatable bonds is 10. The number of carboxylic acid groups (broad SMARTS) is 1. The molecule has 0 bridgehead atoms. The molecule has 1 atom stereocenters. The predicted molar refractivity (Wildman–Crippen MR) is 111 cm³/mol. The molecular weight excluding hydrogens is 386 g/mol. The Bertz CT molecular complexity index is 827. The molecule has 0 saturated heterocycles. The Kier molecular flexibility index (Phi) is 8.15. The van der Waals surface area contributed by atoms with Gasteiger partial charge in [-0.1, -0.05) is 19.9 Å². The van der Waals surface area contributed by atoms with Crippen LogP contribution in [-0.4, -0.2) is 43.0 Å². The molecule has 164 valence electrons. The first kappa shape index (κ1) is 23.6. The summed E-state index contributed by atoms with van der Waals surface area (Å²) in [4.78, 5) is 40.9. The minimum absolute atomic E-state index is 0.00233. The molecule has 1 aliphatic rings. The molecule has 1 saturated carbocycles. The van der Waals surface area contributed by atoms with Crippen LogP contribution >= 0.6 is 0 Å². The van der Waals surface area contributed by atoms with Gasteiger partial charge in [0.05, 0.1) is 13.2 Å². The van der Waals surface area contributed by atoms with E-state index in [2.05, 4.69) is 4.99 Å². The molecule has 30 heavy (non-hydrogen) atoms. The van der Waals surface area contributed by atoms with E-state index in [1.165, 1.54) is 0 Å². The molecule has 7 heteroatoms. The van der Waals surface area contributed by atoms with Gasteiger partial charge < -0.3 is 19.4 Å². The van der Waals surface area contributed by atoms with Crippen molar-refractivity contribution in [1.29, 1.82) is 0 Å². The zero-order chi connectivity index (χ0) is 22.3. The molecule has 2 rings (SSSR count). The summed E-state index contributed by atoms with van der Waals surface area (Å²) in [6, 6.07) is 5.31. The van der Waals surface area contributed by atoms with E-state index in [1.807, 2.05) is 27.7 Å². The second-order valence-electron chi connectivity index (χ2n) is 8.20. The molecule has 0 heterocycles. The largest absolute Gasteiger partial charge is 0.550 e. The number of Topliss-reactive ketones (excluding diaryl/α,β-unsaturated/α-hetero) is 2. The number of hydrogen-bond donors (Lipinski definition) is 0. The summed E-state index contributed by atoms with van der Waals surface area (Å²) in [6.07, 6.45) is 0.588. The second kappa shape index (κ2) is 10.4. The van der Waals surface area contributed by atoms with Crippen molar-refractivity contribution in [2.75, 3.05) is 19.8 Å². The quantitative estimate of drug-likeness (QED) is 0.542. The number of ketones is 2. The molecule has 0 spiro atoms. The summed E-state index contributed by atoms with van der Waals surface area (Å²) in [5, 5.41) is 10.7. The Morgan fingerprint density at radius 1 is 1.13 bits per heavy atom. The highest BCUT2D eigenvalue weighted by atomic mass is 16.5. The SMILES string of the molecule is CCOc1ccc(CC(=O)[C@@H]2C(=O)CC(C)(C)CC2=NCCC(=O)[O-])cc1OCC. The number of aliphatic imine (C=N–C) groups is 1. The van der Waals surface area contributed by atoms with E-state index in [1.54, 1.807) is 18.2 Å². The van der Waals surface area contributed by atoms with E-state index in [4.69, 9.17) is 9.47 Å². The van der Waals surface area contributed by atoms with E-state index in [9.17, 15) is 19.5 Å². The van der Waals surface area contributed by atoms with Crippen LogP contribution in [0.4, 0.5) is 0 Å². The molecule has 0 unspecified atom stereocenters. The van der Waals surface area contributed by atoms with Crippen molar-refractivity contribution in [2.24, 2.45) is 16.3 Å². The van der Waals surface area contributed by atoms with Gasteiger partial charge in [0.25, 0.3) is 0 Å². The van der Waals surface area contributed by atoms with Crippen LogP contribution in [0.15, 0.2) is 23.2 Å². The summed E-state index contributed by atoms with van der Waals surface area (Å²) >= 11 is 0. The van der Waals surface area contributed by atoms with Gasteiger partial charge in [-0.05, 0) is 43.4 Å². The Labute approximate surface area is 177 Å². The number of nitrogens with zero attached hydrogens (tertiary/aromatic N) is 1. The third-order valence-corrected chi connectivity index (χ3v) is 4.91. The van der Waals surface area contributed by atoms with Crippen molar-refractivity contribution >= 4 is 23.2 Å². The molecule has 7 nitrogen and oxygen atoms in total. The Morgan fingerprint density at radius 2 is 1.80 bits per heavy atom. The number of carbonyl (C=O) groups is 3. The highest BCUT2D eigenvalue weighted by molar-refractivity contribution is 6.23. The molecule has 0 radical (unpaired) electrons. The third-order valence-electron chi connectivity index (χ3n) is 4.91. The lowest BCUT2D eigenvalue weighted by Crippen LogP contribution is -2.42. The van der Waals surface area contributed by atoms with Crippen molar-refractivity contribution < 1.29 is 29.0 Å². The minimum Gasteiger partial charge on any atom is -0.550 e. The molecule has 1 aromatic rings. The molecule has 0 amide bonds. The maximum Gasteiger partial charge on any atom is 0.161 e. The molecule has 0 aromatic heterocycles. The van der Waals surface area contributed by atoms with E-state index in [0.29, 0.717) is 36.8 Å². The van der Waals surface area contributed by atoms with Crippen molar-refractivity contribution in [1.82, 2.24) is 0 Å². The molecule has 1 aromatic carbocycles. The fourth-order valence-electron chi connectivity index (χ4n) is 3.73. The average molecular weight is 416 g/mol. The van der Waals surface area contributed by atoms with Crippen molar-refractivity contribution in [3.8, 4) is 11.5 Å². The second-order valence-corrected chi connectivity index (χ2v) is 8.20. The summed E-state index contributed by atoms with van der Waals surface area (Å²) < 4.78 is 11.2. The van der Waals surface area contributed by atoms with Gasteiger partial charge in [-0.2, -0.15) is 0 Å². The summed E-state index contributed by atoms with van der Waals surface area (Å²) in [5.41, 5.74) is 0.882. The zero-order valence-electron chi connectivity index (χ0n) is 18.2. The van der Waals surface area contributed by atoms with Gasteiger partial charge in [-0.3, -0.25) is 14.6 Å². The lowest BCUT2D eigenvalue weighted by molar-refractivity contribution is -0.305. The lowest BCUT2D eigenvalue weighted by atomic mass is 9.69. The van der Waals surface area contributed by atoms with Crippen LogP contribution in [-0.2, 0) is 20.8 Å². The summed E-state index contributed by atoms with van der Waals surface area (Å²) in [6.45, 7) is 8.60. The van der Waals surface area contributed by atoms with Crippen LogP contribution in [0.25, 0.3) is 0 Å². The van der Waals surface area contributed by atoms with Crippen LogP contribution in [0, 0.1) is 11.3 Å². The summed E-state index contributed by atoms with van der Waals surface area (Å²) in [5.74, 6) is -1.38. The van der Waals surface area contributed by atoms with Crippen molar-refractivity contribution in [3.63, 3.8) is 0 Å². The lowest BCUT2D eigenvalue weighted by Gasteiger charge is -2.34. The van der Waals surface area contributed by atoms with E-state index >= 15 is 0 Å². The van der Waals surface area contributed by atoms with Gasteiger partial charge in [-0.15, -0.1) is 0 Å². The van der Waals surface area contributed by atoms with E-state index in [-0.39, 0.29) is 42.8 Å². The standard InChI is InChI=1S/C23H31NO6/c1-5-29-19-8-7-15(12-20(19)30-6-2)11-17(25)22-16(24-10-9-21(27)28)13-23(3,4)14-18(22)26/h7-8,12,22H,5-6,9-11,13-14H2,1-4H3,(H,27,28)/p-1/t22-/m1/s1. The van der Waals surface area contributed by atoms with Crippen LogP contribution in [0.1, 0.15) is 52.5 Å². The Hall–Kier alpha value is -2.70. The normalized spacial score (nSPS) is 19.5. The highest BCUT2D eigenvalue weighted by Gasteiger charge is 2.41. The van der Waals surface area contributed by atoms with Gasteiger partial charge >= 0.3 is 0 Å². The van der Waals surface area contributed by atoms with Gasteiger partial charge in [-0.25, -0.2) is 0 Å². The first-order valence-electron chi connectivity index (χ1n) is 10.3. The Balaban J connectivity index is 2.24. The van der Waals surface area contributed by atoms with Crippen molar-refractivity contribution in [3.05, 3.63) is 23.8 Å². The van der Waals surface area contributed by atoms with Crippen molar-refractivity contribution in [2.45, 2.75) is 53.4 Å². The van der Waals surface area contributed by atoms with E-state index in [0.717, 1.165) is 5.56 Å². The maximum atomic E-state index is 13.1. The maximum absolute atomic E-state index is 13.1. The highest BCUT2D eigenvalue weighted by Crippen LogP contribution is 2.36. The van der Waals surface area contributed by atoms with Crippen LogP contribution in [0.3, 0.4) is 0 Å². The zero-order valence-corrected chi connectivity index (χ0v) is 18.2. The van der Waals surface area contributed by atoms with Gasteiger partial charge in [0.2, 0.25) is 0 Å². The monoisotopic (exact) mass is 416 g/mol. The number of aliphatic carboxylic acids is 1. The fraction of sp³-hybridized carbons (Fsp3) is 0.565. The number of hydrogen-bond acceptors (Lipinski definition) is 7. The minimum atomic E-state index is -1.21. The molecular formula is C23H30NO6-. The number of benzene rings is 1. The Morgan fingerprint density at radius 3 is 2.43 bits per heavy atom. The molecule has 0 aliphatic heterocycles. The van der Waals surface area contributed by atoms with Crippen LogP contribution in [0.5, 0.6) is 11.5 Å². The predicted octanol–water partition coefficient (Wildman–Crippen LogP) is 2.18. The number of carboxylic acids is 1. The first-order valence-corrected chi connectivity index (χ1v) is 10.3. The number of carbonyl (C=O) groups excluding carboxylic acids is 3. The topological polar surface area (TPSA) is 105 Å². The van der Waals surface area contributed by atoms with Gasteiger partial charge in [0.15, 0.2) is 17.3 Å². The average Bonchev–Trinajstić information content (AvgIpc) is 2.62. The number of ether oxygens (including phenoxy) is 2. The first-order chi connectivity index (χ1) is 14.2. The van der Waals surface area contributed by atoms with Gasteiger partial charge in [0, 0.05) is 37.5 Å². The van der Waals surface area contributed by atoms with Gasteiger partial charge in [0.1, 0.15) is 11.7 Å².